The molecule has 0 N–H and O–H groups in total. The second-order valence-electron chi connectivity index (χ2n) is 10.1. The molecule has 5 rings (SSSR count). The fourth-order valence-corrected chi connectivity index (χ4v) is 6.73. The first kappa shape index (κ1) is 17.2. The number of hydroxylamine groups is 2. The van der Waals surface area contributed by atoms with Crippen LogP contribution in [0.1, 0.15) is 77.0 Å². The summed E-state index contributed by atoms with van der Waals surface area (Å²) >= 11 is 0. The lowest BCUT2D eigenvalue weighted by atomic mass is 9.63. The number of nitrogens with zero attached hydrogens (tertiary/aromatic N) is 1. The molecule has 3 fully saturated rings. The topological polar surface area (TPSA) is 21.7 Å². The van der Waals surface area contributed by atoms with Crippen molar-refractivity contribution < 1.29 is 9.57 Å². The van der Waals surface area contributed by atoms with Crippen molar-refractivity contribution >= 4 is 0 Å². The van der Waals surface area contributed by atoms with Crippen molar-refractivity contribution in [3.05, 3.63) is 35.4 Å². The van der Waals surface area contributed by atoms with Gasteiger partial charge in [-0.05, 0) is 80.8 Å². The summed E-state index contributed by atoms with van der Waals surface area (Å²) in [7, 11) is 0. The Morgan fingerprint density at radius 2 is 1.81 bits per heavy atom. The van der Waals surface area contributed by atoms with Gasteiger partial charge in [-0.2, -0.15) is 0 Å². The van der Waals surface area contributed by atoms with Crippen molar-refractivity contribution in [1.29, 1.82) is 0 Å². The van der Waals surface area contributed by atoms with Crippen LogP contribution in [-0.2, 0) is 16.0 Å². The lowest BCUT2D eigenvalue weighted by Crippen LogP contribution is -2.63. The Kier molecular flexibility index (Phi) is 3.68. The summed E-state index contributed by atoms with van der Waals surface area (Å²) < 4.78 is 6.41. The van der Waals surface area contributed by atoms with Crippen molar-refractivity contribution in [3.8, 4) is 0 Å². The molecule has 26 heavy (non-hydrogen) atoms. The van der Waals surface area contributed by atoms with Gasteiger partial charge < -0.3 is 4.74 Å². The molecule has 0 radical (unpaired) electrons. The third-order valence-corrected chi connectivity index (χ3v) is 8.29. The number of benzene rings is 1. The van der Waals surface area contributed by atoms with Crippen LogP contribution in [0.2, 0.25) is 0 Å². The highest BCUT2D eigenvalue weighted by atomic mass is 16.7. The van der Waals surface area contributed by atoms with Gasteiger partial charge in [-0.1, -0.05) is 38.1 Å². The molecule has 3 aliphatic carbocycles. The summed E-state index contributed by atoms with van der Waals surface area (Å²) in [4.78, 5) is 6.93. The van der Waals surface area contributed by atoms with Gasteiger partial charge in [0, 0.05) is 0 Å². The van der Waals surface area contributed by atoms with Crippen LogP contribution in [0.15, 0.2) is 24.3 Å². The van der Waals surface area contributed by atoms with Crippen molar-refractivity contribution in [3.63, 3.8) is 0 Å². The number of fused-ring (bicyclic) bond motifs is 4. The molecular formula is C23H33NO2. The fraction of sp³-hybridized carbons (Fsp3) is 0.739. The van der Waals surface area contributed by atoms with Crippen molar-refractivity contribution in [2.45, 2.75) is 83.6 Å². The Hall–Kier alpha value is -0.900. The predicted octanol–water partition coefficient (Wildman–Crippen LogP) is 5.26. The summed E-state index contributed by atoms with van der Waals surface area (Å²) in [5.41, 5.74) is 2.73. The van der Waals surface area contributed by atoms with Crippen LogP contribution in [0.3, 0.4) is 0 Å². The average Bonchev–Trinajstić information content (AvgIpc) is 3.25. The summed E-state index contributed by atoms with van der Waals surface area (Å²) in [6.07, 6.45) is 7.69. The van der Waals surface area contributed by atoms with E-state index in [1.165, 1.54) is 43.2 Å². The van der Waals surface area contributed by atoms with Gasteiger partial charge in [0.25, 0.3) is 0 Å². The van der Waals surface area contributed by atoms with Gasteiger partial charge in [0.05, 0.1) is 12.1 Å². The quantitative estimate of drug-likeness (QED) is 0.722. The first-order chi connectivity index (χ1) is 12.4. The van der Waals surface area contributed by atoms with Gasteiger partial charge in [0.15, 0.2) is 0 Å². The summed E-state index contributed by atoms with van der Waals surface area (Å²) in [5, 5.41) is 2.34. The number of hydrogen-bond acceptors (Lipinski definition) is 3. The maximum atomic E-state index is 6.93. The minimum atomic E-state index is -0.367. The number of hydrogen-bond donors (Lipinski definition) is 0. The Morgan fingerprint density at radius 3 is 2.58 bits per heavy atom. The highest BCUT2D eigenvalue weighted by Crippen LogP contribution is 2.67. The molecule has 1 spiro atoms. The van der Waals surface area contributed by atoms with Crippen molar-refractivity contribution in [2.75, 3.05) is 6.61 Å². The van der Waals surface area contributed by atoms with E-state index in [2.05, 4.69) is 57.0 Å². The molecule has 4 atom stereocenters. The molecule has 0 amide bonds. The molecule has 0 aromatic heterocycles. The molecule has 2 bridgehead atoms. The zero-order valence-corrected chi connectivity index (χ0v) is 16.8. The Labute approximate surface area is 158 Å². The van der Waals surface area contributed by atoms with Crippen LogP contribution in [-0.4, -0.2) is 22.9 Å². The monoisotopic (exact) mass is 355 g/mol. The molecule has 3 nitrogen and oxygen atoms in total. The first-order valence-corrected chi connectivity index (χ1v) is 10.6. The molecular weight excluding hydrogens is 322 g/mol. The van der Waals surface area contributed by atoms with Gasteiger partial charge >= 0.3 is 0 Å². The molecule has 142 valence electrons. The number of ether oxygens (including phenoxy) is 1. The molecule has 1 aromatic rings. The zero-order chi connectivity index (χ0) is 18.2. The van der Waals surface area contributed by atoms with Crippen LogP contribution in [0.25, 0.3) is 0 Å². The SMILES string of the molecule is CC1(C)OCC2(C3CCC(C3)C2(C)C)N1O[C@@H]1CCCc2ccccc21. The zero-order valence-electron chi connectivity index (χ0n) is 16.8. The highest BCUT2D eigenvalue weighted by molar-refractivity contribution is 5.31. The third kappa shape index (κ3) is 2.11. The maximum absolute atomic E-state index is 6.93. The lowest BCUT2D eigenvalue weighted by Gasteiger charge is -2.53. The predicted molar refractivity (Wildman–Crippen MR) is 102 cm³/mol. The van der Waals surface area contributed by atoms with E-state index in [-0.39, 0.29) is 22.8 Å². The molecule has 1 aromatic carbocycles. The maximum Gasteiger partial charge on any atom is 0.139 e. The number of aryl methyl sites for hydroxylation is 1. The van der Waals surface area contributed by atoms with E-state index in [1.54, 1.807) is 0 Å². The van der Waals surface area contributed by atoms with Crippen LogP contribution >= 0.6 is 0 Å². The third-order valence-electron chi connectivity index (χ3n) is 8.29. The highest BCUT2D eigenvalue weighted by Gasteiger charge is 2.71. The Balaban J connectivity index is 1.53. The van der Waals surface area contributed by atoms with Gasteiger partial charge in [-0.3, -0.25) is 4.84 Å². The average molecular weight is 356 g/mol. The Morgan fingerprint density at radius 1 is 1.04 bits per heavy atom. The van der Waals surface area contributed by atoms with Gasteiger partial charge in [0.2, 0.25) is 0 Å². The van der Waals surface area contributed by atoms with E-state index >= 15 is 0 Å². The second-order valence-corrected chi connectivity index (χ2v) is 10.1. The van der Waals surface area contributed by atoms with Gasteiger partial charge in [-0.15, -0.1) is 5.06 Å². The molecule has 1 saturated heterocycles. The largest absolute Gasteiger partial charge is 0.357 e. The summed E-state index contributed by atoms with van der Waals surface area (Å²) in [6.45, 7) is 10.1. The van der Waals surface area contributed by atoms with Crippen molar-refractivity contribution in [1.82, 2.24) is 5.06 Å². The fourth-order valence-electron chi connectivity index (χ4n) is 6.73. The van der Waals surface area contributed by atoms with Gasteiger partial charge in [-0.25, -0.2) is 0 Å². The number of rotatable bonds is 2. The lowest BCUT2D eigenvalue weighted by molar-refractivity contribution is -0.325. The van der Waals surface area contributed by atoms with E-state index in [4.69, 9.17) is 9.57 Å². The van der Waals surface area contributed by atoms with Gasteiger partial charge in [0.1, 0.15) is 11.8 Å². The minimum absolute atomic E-state index is 0.0197. The minimum Gasteiger partial charge on any atom is -0.357 e. The van der Waals surface area contributed by atoms with Crippen molar-refractivity contribution in [2.24, 2.45) is 17.3 Å². The van der Waals surface area contributed by atoms with Crippen LogP contribution < -0.4 is 0 Å². The van der Waals surface area contributed by atoms with E-state index in [0.717, 1.165) is 18.9 Å². The first-order valence-electron chi connectivity index (χ1n) is 10.6. The normalized spacial score (nSPS) is 40.2. The van der Waals surface area contributed by atoms with E-state index in [9.17, 15) is 0 Å². The van der Waals surface area contributed by atoms with E-state index in [1.807, 2.05) is 0 Å². The summed E-state index contributed by atoms with van der Waals surface area (Å²) in [5.74, 6) is 1.50. The van der Waals surface area contributed by atoms with Crippen LogP contribution in [0.4, 0.5) is 0 Å². The molecule has 3 heteroatoms. The second kappa shape index (κ2) is 5.56. The van der Waals surface area contributed by atoms with E-state index in [0.29, 0.717) is 5.92 Å². The Bertz CT molecular complexity index is 712. The molecule has 2 saturated carbocycles. The molecule has 1 heterocycles. The van der Waals surface area contributed by atoms with E-state index < -0.39 is 0 Å². The molecule has 3 unspecified atom stereocenters. The van der Waals surface area contributed by atoms with Crippen LogP contribution in [0.5, 0.6) is 0 Å². The summed E-state index contributed by atoms with van der Waals surface area (Å²) in [6, 6.07) is 8.85. The molecule has 4 aliphatic rings. The standard InChI is InChI=1S/C23H33NO2/c1-21(2)17-12-13-18(14-17)23(21)15-25-22(3,4)24(23)26-20-11-7-9-16-8-5-6-10-19(16)20/h5-6,8,10,17-18,20H,7,9,11-15H2,1-4H3/t17?,18?,20-,23?/m1/s1. The molecule has 1 aliphatic heterocycles. The van der Waals surface area contributed by atoms with Crippen LogP contribution in [0, 0.1) is 17.3 Å². The smallest absolute Gasteiger partial charge is 0.139 e.